The number of nitrogens with one attached hydrogen (secondary N) is 1. The molecule has 0 fully saturated rings. The summed E-state index contributed by atoms with van der Waals surface area (Å²) in [5.41, 5.74) is 0.496. The molecule has 1 N–H and O–H groups in total. The van der Waals surface area contributed by atoms with Gasteiger partial charge < -0.3 is 19.5 Å². The number of esters is 2. The van der Waals surface area contributed by atoms with E-state index >= 15 is 0 Å². The molecule has 0 saturated carbocycles. The number of ether oxygens (including phenoxy) is 3. The number of hydrogen-bond acceptors (Lipinski definition) is 7. The van der Waals surface area contributed by atoms with Crippen molar-refractivity contribution in [2.24, 2.45) is 0 Å². The molecule has 0 aliphatic rings. The fourth-order valence-corrected chi connectivity index (χ4v) is 3.69. The molecule has 0 aromatic heterocycles. The van der Waals surface area contributed by atoms with E-state index in [2.05, 4.69) is 5.32 Å². The largest absolute Gasteiger partial charge is 0.497 e. The Morgan fingerprint density at radius 1 is 1.03 bits per heavy atom. The van der Waals surface area contributed by atoms with Gasteiger partial charge in [-0.15, -0.1) is 11.8 Å². The second-order valence-corrected chi connectivity index (χ2v) is 7.55. The molecular weight excluding hydrogens is 464 g/mol. The second-order valence-electron chi connectivity index (χ2n) is 6.16. The van der Waals surface area contributed by atoms with Crippen molar-refractivity contribution in [3.8, 4) is 5.75 Å². The molecule has 0 saturated heterocycles. The highest BCUT2D eigenvalue weighted by atomic mass is 35.5. The van der Waals surface area contributed by atoms with E-state index in [1.165, 1.54) is 0 Å². The van der Waals surface area contributed by atoms with Gasteiger partial charge in [-0.05, 0) is 37.6 Å². The fourth-order valence-electron chi connectivity index (χ4n) is 2.48. The molecular formula is C22H22ClF2NO5S. The Balaban J connectivity index is 2.47. The summed E-state index contributed by atoms with van der Waals surface area (Å²) < 4.78 is 42.6. The van der Waals surface area contributed by atoms with Gasteiger partial charge >= 0.3 is 11.9 Å². The molecule has 10 heteroatoms. The van der Waals surface area contributed by atoms with Crippen LogP contribution in [-0.4, -0.2) is 32.3 Å². The molecule has 2 aromatic rings. The van der Waals surface area contributed by atoms with Crippen LogP contribution in [0.2, 0.25) is 5.02 Å². The molecule has 0 aliphatic heterocycles. The topological polar surface area (TPSA) is 73.9 Å². The number of halogens is 3. The summed E-state index contributed by atoms with van der Waals surface area (Å²) in [7, 11) is 1.55. The summed E-state index contributed by atoms with van der Waals surface area (Å²) in [6.45, 7) is 3.23. The number of benzene rings is 2. The number of carbonyl (C=O) groups excluding carboxylic acids is 2. The van der Waals surface area contributed by atoms with E-state index in [0.29, 0.717) is 11.5 Å². The van der Waals surface area contributed by atoms with Crippen LogP contribution in [0.4, 0.5) is 14.5 Å². The molecule has 2 rings (SSSR count). The predicted molar refractivity (Wildman–Crippen MR) is 120 cm³/mol. The summed E-state index contributed by atoms with van der Waals surface area (Å²) in [6, 6.07) is 9.16. The van der Waals surface area contributed by atoms with Crippen LogP contribution in [0.5, 0.6) is 5.75 Å². The van der Waals surface area contributed by atoms with E-state index in [4.69, 9.17) is 25.8 Å². The summed E-state index contributed by atoms with van der Waals surface area (Å²) in [5.74, 6) is -3.22. The highest BCUT2D eigenvalue weighted by Crippen LogP contribution is 2.31. The highest BCUT2D eigenvalue weighted by molar-refractivity contribution is 8.02. The molecule has 0 aliphatic carbocycles. The highest BCUT2D eigenvalue weighted by Gasteiger charge is 2.27. The lowest BCUT2D eigenvalue weighted by Gasteiger charge is -2.16. The summed E-state index contributed by atoms with van der Waals surface area (Å²) in [4.78, 5) is 25.1. The zero-order valence-corrected chi connectivity index (χ0v) is 19.2. The van der Waals surface area contributed by atoms with Crippen molar-refractivity contribution < 1.29 is 32.6 Å². The maximum atomic E-state index is 13.9. The third-order valence-corrected chi connectivity index (χ3v) is 5.32. The lowest BCUT2D eigenvalue weighted by atomic mass is 10.2. The van der Waals surface area contributed by atoms with Crippen molar-refractivity contribution in [3.63, 3.8) is 0 Å². The Morgan fingerprint density at radius 2 is 1.62 bits per heavy atom. The summed E-state index contributed by atoms with van der Waals surface area (Å²) in [6.07, 6.45) is 0. The molecule has 172 valence electrons. The van der Waals surface area contributed by atoms with Crippen LogP contribution in [-0.2, 0) is 24.8 Å². The monoisotopic (exact) mass is 485 g/mol. The average molecular weight is 486 g/mol. The lowest BCUT2D eigenvalue weighted by molar-refractivity contribution is -0.146. The van der Waals surface area contributed by atoms with Gasteiger partial charge in [-0.25, -0.2) is 18.4 Å². The van der Waals surface area contributed by atoms with Crippen LogP contribution in [0.25, 0.3) is 0 Å². The van der Waals surface area contributed by atoms with Crippen LogP contribution in [0, 0.1) is 11.6 Å². The van der Waals surface area contributed by atoms with Crippen molar-refractivity contribution in [1.29, 1.82) is 0 Å². The van der Waals surface area contributed by atoms with Gasteiger partial charge in [-0.1, -0.05) is 23.7 Å². The number of thioether (sulfide) groups is 1. The first-order chi connectivity index (χ1) is 15.3. The van der Waals surface area contributed by atoms with E-state index in [-0.39, 0.29) is 23.9 Å². The first-order valence-electron chi connectivity index (χ1n) is 9.56. The molecule has 0 radical (unpaired) electrons. The normalized spacial score (nSPS) is 10.3. The van der Waals surface area contributed by atoms with E-state index < -0.39 is 34.2 Å². The molecule has 0 atom stereocenters. The Bertz CT molecular complexity index is 955. The maximum Gasteiger partial charge on any atom is 0.348 e. The molecule has 2 aromatic carbocycles. The first-order valence-corrected chi connectivity index (χ1v) is 10.9. The third-order valence-electron chi connectivity index (χ3n) is 3.97. The fraction of sp³-hybridized carbons (Fsp3) is 0.273. The molecule has 32 heavy (non-hydrogen) atoms. The van der Waals surface area contributed by atoms with Crippen LogP contribution in [0.3, 0.4) is 0 Å². The van der Waals surface area contributed by atoms with Gasteiger partial charge in [0.1, 0.15) is 5.75 Å². The lowest BCUT2D eigenvalue weighted by Crippen LogP contribution is -2.22. The van der Waals surface area contributed by atoms with Gasteiger partial charge in [0.25, 0.3) is 0 Å². The summed E-state index contributed by atoms with van der Waals surface area (Å²) in [5, 5.41) is 2.37. The van der Waals surface area contributed by atoms with Crippen LogP contribution < -0.4 is 10.1 Å². The second kappa shape index (κ2) is 12.3. The van der Waals surface area contributed by atoms with Crippen molar-refractivity contribution in [1.82, 2.24) is 0 Å². The van der Waals surface area contributed by atoms with E-state index in [0.717, 1.165) is 29.5 Å². The Morgan fingerprint density at radius 3 is 2.12 bits per heavy atom. The Kier molecular flexibility index (Phi) is 9.80. The number of anilines is 1. The Labute approximate surface area is 193 Å². The van der Waals surface area contributed by atoms with Gasteiger partial charge in [0.2, 0.25) is 0 Å². The van der Waals surface area contributed by atoms with Crippen molar-refractivity contribution in [2.45, 2.75) is 19.6 Å². The molecule has 0 heterocycles. The van der Waals surface area contributed by atoms with E-state index in [1.54, 1.807) is 33.1 Å². The van der Waals surface area contributed by atoms with Gasteiger partial charge in [-0.3, -0.25) is 0 Å². The first kappa shape index (κ1) is 25.5. The third kappa shape index (κ3) is 6.86. The SMILES string of the molecule is CCOC(=O)C(C(=O)OCC)=C(Nc1cc(F)c(F)c(Cl)c1)SCc1ccc(OC)cc1. The average Bonchev–Trinajstić information content (AvgIpc) is 2.76. The van der Waals surface area contributed by atoms with Crippen molar-refractivity contribution in [3.05, 3.63) is 69.2 Å². The maximum absolute atomic E-state index is 13.9. The molecule has 0 bridgehead atoms. The van der Waals surface area contributed by atoms with E-state index in [9.17, 15) is 18.4 Å². The smallest absolute Gasteiger partial charge is 0.348 e. The van der Waals surface area contributed by atoms with Crippen LogP contribution in [0.15, 0.2) is 47.0 Å². The minimum atomic E-state index is -1.20. The molecule has 6 nitrogen and oxygen atoms in total. The summed E-state index contributed by atoms with van der Waals surface area (Å²) >= 11 is 6.82. The molecule has 0 amide bonds. The number of rotatable bonds is 10. The number of hydrogen-bond donors (Lipinski definition) is 1. The molecule has 0 unspecified atom stereocenters. The predicted octanol–water partition coefficient (Wildman–Crippen LogP) is 5.31. The van der Waals surface area contributed by atoms with Gasteiger partial charge in [0.05, 0.1) is 30.4 Å². The standard InChI is InChI=1S/C22H22ClF2NO5S/c1-4-30-21(27)18(22(28)31-5-2)20(26-14-10-16(23)19(25)17(24)11-14)32-12-13-6-8-15(29-3)9-7-13/h6-11,26H,4-5,12H2,1-3H3. The van der Waals surface area contributed by atoms with Gasteiger partial charge in [-0.2, -0.15) is 0 Å². The van der Waals surface area contributed by atoms with Gasteiger partial charge in [0, 0.05) is 17.5 Å². The molecule has 0 spiro atoms. The van der Waals surface area contributed by atoms with Crippen LogP contribution in [0.1, 0.15) is 19.4 Å². The number of carbonyl (C=O) groups is 2. The van der Waals surface area contributed by atoms with Crippen LogP contribution >= 0.6 is 23.4 Å². The number of methoxy groups -OCH3 is 1. The van der Waals surface area contributed by atoms with Gasteiger partial charge in [0.15, 0.2) is 17.2 Å². The minimum Gasteiger partial charge on any atom is -0.497 e. The quantitative estimate of drug-likeness (QED) is 0.161. The zero-order chi connectivity index (χ0) is 23.7. The minimum absolute atomic E-state index is 0.0230. The zero-order valence-electron chi connectivity index (χ0n) is 17.7. The van der Waals surface area contributed by atoms with E-state index in [1.807, 2.05) is 12.1 Å². The van der Waals surface area contributed by atoms with Crippen molar-refractivity contribution in [2.75, 3.05) is 25.6 Å². The van der Waals surface area contributed by atoms with Crippen molar-refractivity contribution >= 4 is 41.0 Å². The Hall–Kier alpha value is -2.78.